The molecule has 0 amide bonds. The molecule has 87 heavy (non-hydrogen) atoms. The van der Waals surface area contributed by atoms with Crippen molar-refractivity contribution in [3.8, 4) is 17.0 Å². The maximum Gasteiger partial charge on any atom is 0.356 e. The maximum absolute atomic E-state index is 13.5. The van der Waals surface area contributed by atoms with E-state index in [1.54, 1.807) is 23.2 Å². The summed E-state index contributed by atoms with van der Waals surface area (Å²) in [5.41, 5.74) is 6.35. The number of esters is 2. The predicted molar refractivity (Wildman–Crippen MR) is 329 cm³/mol. The maximum atomic E-state index is 13.5. The molecule has 21 nitrogen and oxygen atoms in total. The van der Waals surface area contributed by atoms with Crippen LogP contribution in [-0.2, 0) is 77.2 Å². The summed E-state index contributed by atoms with van der Waals surface area (Å²) in [5, 5.41) is 19.3. The number of halogens is 2. The number of H-pyrrole nitrogens is 1. The quantitative estimate of drug-likeness (QED) is 0.0617. The molecule has 0 atom stereocenters. The van der Waals surface area contributed by atoms with Crippen LogP contribution in [-0.4, -0.2) is 105 Å². The van der Waals surface area contributed by atoms with Gasteiger partial charge in [0, 0.05) is 48.2 Å². The van der Waals surface area contributed by atoms with E-state index in [0.29, 0.717) is 86.4 Å². The molecular formula is C63H69Cl2N7O14S. The van der Waals surface area contributed by atoms with Crippen molar-refractivity contribution in [3.05, 3.63) is 190 Å². The number of rotatable bonds is 13. The van der Waals surface area contributed by atoms with Crippen molar-refractivity contribution in [2.75, 3.05) is 32.7 Å². The molecule has 0 radical (unpaired) electrons. The van der Waals surface area contributed by atoms with Gasteiger partial charge in [0.25, 0.3) is 11.1 Å². The van der Waals surface area contributed by atoms with Crippen LogP contribution in [0.1, 0.15) is 120 Å². The molecule has 2 N–H and O–H groups in total. The van der Waals surface area contributed by atoms with E-state index in [-0.39, 0.29) is 43.4 Å². The summed E-state index contributed by atoms with van der Waals surface area (Å²) in [4.78, 5) is 87.8. The number of aromatic nitrogens is 5. The van der Waals surface area contributed by atoms with E-state index >= 15 is 0 Å². The van der Waals surface area contributed by atoms with Crippen molar-refractivity contribution < 1.29 is 56.6 Å². The van der Waals surface area contributed by atoms with E-state index in [2.05, 4.69) is 53.3 Å². The van der Waals surface area contributed by atoms with Crippen LogP contribution < -0.4 is 15.9 Å². The summed E-state index contributed by atoms with van der Waals surface area (Å²) in [6, 6.07) is 29.5. The van der Waals surface area contributed by atoms with Gasteiger partial charge in [-0.25, -0.2) is 32.4 Å². The highest BCUT2D eigenvalue weighted by molar-refractivity contribution is 7.90. The Morgan fingerprint density at radius 1 is 0.782 bits per heavy atom. The van der Waals surface area contributed by atoms with Gasteiger partial charge < -0.3 is 34.1 Å². The van der Waals surface area contributed by atoms with Crippen molar-refractivity contribution in [2.24, 2.45) is 22.8 Å². The Hall–Kier alpha value is -8.44. The van der Waals surface area contributed by atoms with Gasteiger partial charge in [0.15, 0.2) is 32.6 Å². The van der Waals surface area contributed by atoms with Crippen LogP contribution in [0.4, 0.5) is 0 Å². The van der Waals surface area contributed by atoms with Gasteiger partial charge in [-0.05, 0) is 101 Å². The zero-order chi connectivity index (χ0) is 63.5. The lowest BCUT2D eigenvalue weighted by Crippen LogP contribution is -2.29. The number of ether oxygens (including phenoxy) is 3. The molecule has 24 heteroatoms. The lowest BCUT2D eigenvalue weighted by atomic mass is 9.82. The SMILES string of the molecule is CCOC(=O)C1=NOC(c2ccccc2)(c2ccccc2)C1.CCc1cc(C)cc(CC)c1-c1c(OC(=O)C(C)(C)C)n2n(c1=O)CCOCC2.Cc1c(C(=O)c2c[nH]n(C)c2=O)ccc(S(C)(=O)=O)c1C1=NOCC1.O=C(O)c1nc(Cl)ccc1Cl. The van der Waals surface area contributed by atoms with Crippen molar-refractivity contribution in [2.45, 2.75) is 105 Å². The number of sulfone groups is 1. The van der Waals surface area contributed by atoms with Crippen molar-refractivity contribution in [1.29, 1.82) is 0 Å². The number of carbonyl (C=O) groups excluding carboxylic acids is 3. The molecule has 4 aromatic carbocycles. The summed E-state index contributed by atoms with van der Waals surface area (Å²) in [6.07, 6.45) is 4.84. The number of ketones is 1. The number of benzene rings is 4. The largest absolute Gasteiger partial charge is 0.476 e. The van der Waals surface area contributed by atoms with Gasteiger partial charge in [-0.3, -0.25) is 23.9 Å². The zero-order valence-corrected chi connectivity index (χ0v) is 52.3. The number of carboxylic acids is 1. The second kappa shape index (κ2) is 28.4. The Bertz CT molecular complexity index is 3950. The third-order valence-corrected chi connectivity index (χ3v) is 15.9. The number of aromatic carboxylic acids is 1. The van der Waals surface area contributed by atoms with E-state index in [1.807, 2.05) is 81.4 Å². The van der Waals surface area contributed by atoms with E-state index in [9.17, 15) is 37.2 Å². The van der Waals surface area contributed by atoms with Gasteiger partial charge in [-0.15, -0.1) is 0 Å². The van der Waals surface area contributed by atoms with Gasteiger partial charge in [-0.2, -0.15) is 0 Å². The molecule has 3 aliphatic heterocycles. The standard InChI is InChI=1S/C23H32N2O4.C18H17NO3.C16H17N3O5S.C6H3Cl2NO2/c1-7-16-13-15(3)14-17(8-2)18(16)19-20(26)24-9-11-28-12-10-25(24)21(19)29-22(27)23(4,5)6;1-2-21-17(20)16-13-18(22-19-16,14-9-5-3-6-10-14)15-11-7-4-8-12-15;1-9-10(15(20)11-8-17-19(2)16(11)21)4-5-13(25(3,22)23)14(9)12-6-7-24-18-12;7-3-1-2-4(8)9-5(3)6(10)11/h13-14H,7-12H2,1-6H3;3-12H,2,13H2,1H3;4-5,8,17H,6-7H2,1-3H3;1-2H,(H,10,11). The molecule has 10 rings (SSSR count). The van der Waals surface area contributed by atoms with E-state index in [0.717, 1.165) is 46.9 Å². The number of nitrogens with zero attached hydrogens (tertiary/aromatic N) is 6. The minimum absolute atomic E-state index is 0.00623. The number of carboxylic acid groups (broad SMARTS) is 1. The number of pyridine rings is 1. The first-order valence-electron chi connectivity index (χ1n) is 27.9. The summed E-state index contributed by atoms with van der Waals surface area (Å²) >= 11 is 10.9. The molecule has 3 aliphatic rings. The summed E-state index contributed by atoms with van der Waals surface area (Å²) < 4.78 is 45.4. The molecule has 0 saturated heterocycles. The fourth-order valence-corrected chi connectivity index (χ4v) is 11.2. The molecule has 0 bridgehead atoms. The van der Waals surface area contributed by atoms with Gasteiger partial charge >= 0.3 is 17.9 Å². The normalized spacial score (nSPS) is 14.1. The first-order valence-corrected chi connectivity index (χ1v) is 30.6. The summed E-state index contributed by atoms with van der Waals surface area (Å²) in [5.74, 6) is -2.09. The Labute approximate surface area is 513 Å². The second-order valence-corrected chi connectivity index (χ2v) is 24.2. The first kappa shape index (κ1) is 66.1. The highest BCUT2D eigenvalue weighted by Crippen LogP contribution is 2.42. The van der Waals surface area contributed by atoms with Gasteiger partial charge in [0.05, 0.1) is 60.4 Å². The van der Waals surface area contributed by atoms with E-state index < -0.39 is 44.1 Å². The zero-order valence-electron chi connectivity index (χ0n) is 50.0. The summed E-state index contributed by atoms with van der Waals surface area (Å²) in [6.45, 7) is 17.6. The van der Waals surface area contributed by atoms with Crippen LogP contribution in [0.15, 0.2) is 128 Å². The van der Waals surface area contributed by atoms with Crippen molar-refractivity contribution in [1.82, 2.24) is 24.1 Å². The van der Waals surface area contributed by atoms with Crippen LogP contribution in [0.2, 0.25) is 10.2 Å². The lowest BCUT2D eigenvalue weighted by molar-refractivity contribution is -0.143. The smallest absolute Gasteiger partial charge is 0.356 e. The van der Waals surface area contributed by atoms with Crippen molar-refractivity contribution in [3.63, 3.8) is 0 Å². The number of nitrogens with one attached hydrogen (secondary N) is 1. The molecule has 460 valence electrons. The van der Waals surface area contributed by atoms with Gasteiger partial charge in [-0.1, -0.05) is 126 Å². The van der Waals surface area contributed by atoms with Gasteiger partial charge in [0.2, 0.25) is 5.88 Å². The average Bonchev–Trinajstić information content (AvgIpc) is 1.87. The highest BCUT2D eigenvalue weighted by Gasteiger charge is 2.45. The van der Waals surface area contributed by atoms with E-state index in [4.69, 9.17) is 52.2 Å². The Morgan fingerprint density at radius 2 is 1.39 bits per heavy atom. The Morgan fingerprint density at radius 3 is 1.90 bits per heavy atom. The predicted octanol–water partition coefficient (Wildman–Crippen LogP) is 9.87. The first-order chi connectivity index (χ1) is 41.3. The summed E-state index contributed by atoms with van der Waals surface area (Å²) in [7, 11) is -2.02. The highest BCUT2D eigenvalue weighted by atomic mass is 35.5. The number of aromatic amines is 1. The number of carbonyl (C=O) groups is 4. The molecule has 0 unspecified atom stereocenters. The minimum Gasteiger partial charge on any atom is -0.476 e. The van der Waals surface area contributed by atoms with Gasteiger partial charge in [0.1, 0.15) is 22.9 Å². The number of hydrogen-bond acceptors (Lipinski definition) is 16. The third-order valence-electron chi connectivity index (χ3n) is 14.2. The third kappa shape index (κ3) is 15.0. The topological polar surface area (TPSA) is 271 Å². The van der Waals surface area contributed by atoms with Crippen LogP contribution in [0.3, 0.4) is 0 Å². The molecule has 0 spiro atoms. The molecular weight excluding hydrogens is 1180 g/mol. The average molecular weight is 1250 g/mol. The Balaban J connectivity index is 0.000000173. The van der Waals surface area contributed by atoms with Crippen molar-refractivity contribution >= 4 is 68.2 Å². The molecule has 6 heterocycles. The molecule has 0 aliphatic carbocycles. The molecule has 0 saturated carbocycles. The molecule has 3 aromatic heterocycles. The van der Waals surface area contributed by atoms with Crippen LogP contribution in [0, 0.1) is 19.3 Å². The lowest BCUT2D eigenvalue weighted by Gasteiger charge is -2.27. The van der Waals surface area contributed by atoms with E-state index in [1.165, 1.54) is 47.8 Å². The number of oxime groups is 2. The Kier molecular flexibility index (Phi) is 21.6. The molecule has 7 aromatic rings. The van der Waals surface area contributed by atoms with Crippen LogP contribution >= 0.6 is 23.2 Å². The fraction of sp³-hybridized carbons (Fsp3) is 0.349. The number of fused-ring (bicyclic) bond motifs is 1. The molecule has 0 fully saturated rings. The van der Waals surface area contributed by atoms with Crippen LogP contribution in [0.25, 0.3) is 11.1 Å². The fourth-order valence-electron chi connectivity index (χ4n) is 9.87. The second-order valence-electron chi connectivity index (χ2n) is 21.4. The number of hydrogen-bond donors (Lipinski definition) is 2. The minimum atomic E-state index is -3.52. The monoisotopic (exact) mass is 1250 g/mol. The number of aryl methyl sites for hydroxylation is 4. The van der Waals surface area contributed by atoms with Crippen LogP contribution in [0.5, 0.6) is 5.88 Å².